The van der Waals surface area contributed by atoms with Crippen LogP contribution in [0.25, 0.3) is 12.2 Å². The van der Waals surface area contributed by atoms with Gasteiger partial charge >= 0.3 is 0 Å². The molecule has 3 heteroatoms. The van der Waals surface area contributed by atoms with Crippen molar-refractivity contribution in [2.75, 3.05) is 0 Å². The molecule has 0 amide bonds. The molecule has 132 valence electrons. The molecule has 0 bridgehead atoms. The van der Waals surface area contributed by atoms with Gasteiger partial charge in [-0.25, -0.2) is 0 Å². The Balaban J connectivity index is 1.50. The van der Waals surface area contributed by atoms with Crippen LogP contribution >= 0.6 is 0 Å². The minimum Gasteiger partial charge on any atom is -0.465 e. The van der Waals surface area contributed by atoms with Gasteiger partial charge in [-0.05, 0) is 104 Å². The van der Waals surface area contributed by atoms with Crippen LogP contribution in [0.3, 0.4) is 0 Å². The van der Waals surface area contributed by atoms with E-state index in [9.17, 15) is 0 Å². The Morgan fingerprint density at radius 1 is 0.692 bits per heavy atom. The molecule has 2 aromatic rings. The minimum absolute atomic E-state index is 0.895. The third-order valence-electron chi connectivity index (χ3n) is 5.43. The summed E-state index contributed by atoms with van der Waals surface area (Å²) in [5.41, 5.74) is 5.42. The Morgan fingerprint density at radius 3 is 1.69 bits per heavy atom. The number of allylic oxidation sites excluding steroid dienone is 4. The Labute approximate surface area is 153 Å². The highest BCUT2D eigenvalue weighted by atomic mass is 16.5. The van der Waals surface area contributed by atoms with Crippen LogP contribution in [0.2, 0.25) is 0 Å². The average Bonchev–Trinajstić information content (AvgIpc) is 3.35. The van der Waals surface area contributed by atoms with Crippen molar-refractivity contribution in [2.24, 2.45) is 0 Å². The fourth-order valence-electron chi connectivity index (χ4n) is 4.23. The van der Waals surface area contributed by atoms with Crippen molar-refractivity contribution in [1.29, 1.82) is 0 Å². The SMILES string of the molecule is C(=C1CCCC2=C1OC1=C(CCCC1=Cc1ccco1)C2)c1ccco1. The summed E-state index contributed by atoms with van der Waals surface area (Å²) < 4.78 is 17.6. The summed E-state index contributed by atoms with van der Waals surface area (Å²) in [4.78, 5) is 0. The predicted octanol–water partition coefficient (Wildman–Crippen LogP) is 6.64. The molecule has 26 heavy (non-hydrogen) atoms. The molecule has 0 N–H and O–H groups in total. The van der Waals surface area contributed by atoms with Crippen molar-refractivity contribution >= 4 is 12.2 Å². The molecule has 3 aliphatic rings. The smallest absolute Gasteiger partial charge is 0.130 e. The summed E-state index contributed by atoms with van der Waals surface area (Å²) in [5.74, 6) is 3.96. The standard InChI is InChI=1S/C23H22O3/c1-5-16-13-17-6-2-8-19(15-21-10-4-12-25-21)23(17)26-22(16)18(7-1)14-20-9-3-11-24-20/h3-4,9-12,14-15H,1-2,5-8,13H2. The summed E-state index contributed by atoms with van der Waals surface area (Å²) in [7, 11) is 0. The first-order chi connectivity index (χ1) is 12.9. The van der Waals surface area contributed by atoms with E-state index in [-0.39, 0.29) is 0 Å². The van der Waals surface area contributed by atoms with Crippen LogP contribution in [0.5, 0.6) is 0 Å². The maximum Gasteiger partial charge on any atom is 0.130 e. The second kappa shape index (κ2) is 6.56. The second-order valence-corrected chi connectivity index (χ2v) is 7.22. The van der Waals surface area contributed by atoms with Crippen molar-refractivity contribution in [3.8, 4) is 0 Å². The molecule has 3 nitrogen and oxygen atoms in total. The molecule has 3 heterocycles. The van der Waals surface area contributed by atoms with Crippen LogP contribution in [0.1, 0.15) is 56.5 Å². The van der Waals surface area contributed by atoms with Crippen LogP contribution in [0.15, 0.2) is 79.4 Å². The van der Waals surface area contributed by atoms with Crippen molar-refractivity contribution in [3.63, 3.8) is 0 Å². The van der Waals surface area contributed by atoms with E-state index in [1.807, 2.05) is 24.3 Å². The van der Waals surface area contributed by atoms with E-state index in [2.05, 4.69) is 12.2 Å². The molecule has 0 saturated heterocycles. The maximum atomic E-state index is 6.56. The van der Waals surface area contributed by atoms with Crippen LogP contribution in [0.4, 0.5) is 0 Å². The van der Waals surface area contributed by atoms with Crippen LogP contribution in [-0.2, 0) is 4.74 Å². The Bertz CT molecular complexity index is 842. The number of ether oxygens (including phenoxy) is 1. The van der Waals surface area contributed by atoms with E-state index in [0.717, 1.165) is 55.1 Å². The summed E-state index contributed by atoms with van der Waals surface area (Å²) in [6.45, 7) is 0. The van der Waals surface area contributed by atoms with Gasteiger partial charge in [-0.2, -0.15) is 0 Å². The van der Waals surface area contributed by atoms with Crippen LogP contribution in [0, 0.1) is 0 Å². The Kier molecular flexibility index (Phi) is 3.93. The first kappa shape index (κ1) is 15.6. The molecule has 0 aromatic carbocycles. The molecule has 0 saturated carbocycles. The number of furan rings is 2. The van der Waals surface area contributed by atoms with Crippen LogP contribution in [-0.4, -0.2) is 0 Å². The highest BCUT2D eigenvalue weighted by molar-refractivity contribution is 5.60. The Hall–Kier alpha value is -2.68. The maximum absolute atomic E-state index is 6.56. The largest absolute Gasteiger partial charge is 0.465 e. The monoisotopic (exact) mass is 346 g/mol. The molecular formula is C23H22O3. The first-order valence-electron chi connectivity index (χ1n) is 9.47. The zero-order chi connectivity index (χ0) is 17.3. The van der Waals surface area contributed by atoms with Gasteiger partial charge in [0, 0.05) is 0 Å². The highest BCUT2D eigenvalue weighted by Gasteiger charge is 2.30. The predicted molar refractivity (Wildman–Crippen MR) is 101 cm³/mol. The first-order valence-corrected chi connectivity index (χ1v) is 9.47. The minimum atomic E-state index is 0.895. The molecule has 0 atom stereocenters. The molecule has 0 radical (unpaired) electrons. The zero-order valence-electron chi connectivity index (χ0n) is 14.8. The third-order valence-corrected chi connectivity index (χ3v) is 5.43. The van der Waals surface area contributed by atoms with Gasteiger partial charge in [-0.3, -0.25) is 0 Å². The number of hydrogen-bond acceptors (Lipinski definition) is 3. The van der Waals surface area contributed by atoms with Crippen molar-refractivity contribution in [3.05, 3.63) is 82.1 Å². The van der Waals surface area contributed by atoms with Crippen LogP contribution < -0.4 is 0 Å². The lowest BCUT2D eigenvalue weighted by Crippen LogP contribution is -2.17. The molecule has 0 spiro atoms. The highest BCUT2D eigenvalue weighted by Crippen LogP contribution is 2.46. The van der Waals surface area contributed by atoms with Gasteiger partial charge in [0.25, 0.3) is 0 Å². The lowest BCUT2D eigenvalue weighted by Gasteiger charge is -2.33. The molecule has 1 aliphatic heterocycles. The fraction of sp³-hybridized carbons (Fsp3) is 0.304. The summed E-state index contributed by atoms with van der Waals surface area (Å²) in [6, 6.07) is 7.85. The van der Waals surface area contributed by atoms with Gasteiger partial charge in [-0.15, -0.1) is 0 Å². The van der Waals surface area contributed by atoms with Crippen molar-refractivity contribution < 1.29 is 13.6 Å². The van der Waals surface area contributed by atoms with Gasteiger partial charge < -0.3 is 13.6 Å². The number of rotatable bonds is 2. The van der Waals surface area contributed by atoms with Gasteiger partial charge in [0.05, 0.1) is 12.5 Å². The molecule has 2 aliphatic carbocycles. The third kappa shape index (κ3) is 2.88. The van der Waals surface area contributed by atoms with Crippen molar-refractivity contribution in [2.45, 2.75) is 44.9 Å². The van der Waals surface area contributed by atoms with E-state index in [1.54, 1.807) is 12.5 Å². The topological polar surface area (TPSA) is 35.5 Å². The lowest BCUT2D eigenvalue weighted by molar-refractivity contribution is 0.281. The summed E-state index contributed by atoms with van der Waals surface area (Å²) in [5, 5.41) is 0. The van der Waals surface area contributed by atoms with E-state index >= 15 is 0 Å². The van der Waals surface area contributed by atoms with E-state index < -0.39 is 0 Å². The second-order valence-electron chi connectivity index (χ2n) is 7.22. The van der Waals surface area contributed by atoms with Gasteiger partial charge in [0.15, 0.2) is 0 Å². The van der Waals surface area contributed by atoms with Gasteiger partial charge in [0.2, 0.25) is 0 Å². The average molecular weight is 346 g/mol. The van der Waals surface area contributed by atoms with E-state index in [4.69, 9.17) is 13.6 Å². The molecule has 0 fully saturated rings. The summed E-state index contributed by atoms with van der Waals surface area (Å²) in [6.07, 6.45) is 15.5. The normalized spacial score (nSPS) is 23.2. The zero-order valence-corrected chi connectivity index (χ0v) is 14.8. The number of hydrogen-bond donors (Lipinski definition) is 0. The van der Waals surface area contributed by atoms with Crippen molar-refractivity contribution in [1.82, 2.24) is 0 Å². The molecule has 2 aromatic heterocycles. The van der Waals surface area contributed by atoms with Gasteiger partial charge in [0.1, 0.15) is 23.0 Å². The lowest BCUT2D eigenvalue weighted by atomic mass is 9.82. The summed E-state index contributed by atoms with van der Waals surface area (Å²) >= 11 is 0. The quantitative estimate of drug-likeness (QED) is 0.612. The van der Waals surface area contributed by atoms with E-state index in [0.29, 0.717) is 0 Å². The molecule has 5 rings (SSSR count). The fourth-order valence-corrected chi connectivity index (χ4v) is 4.23. The molecule has 0 unspecified atom stereocenters. The van der Waals surface area contributed by atoms with Gasteiger partial charge in [-0.1, -0.05) is 0 Å². The Morgan fingerprint density at radius 2 is 1.23 bits per heavy atom. The molecular weight excluding hydrogens is 324 g/mol. The van der Waals surface area contributed by atoms with E-state index in [1.165, 1.54) is 35.1 Å².